The minimum Gasteiger partial charge on any atom is -0.356 e. The van der Waals surface area contributed by atoms with Gasteiger partial charge in [-0.2, -0.15) is 0 Å². The second-order valence-corrected chi connectivity index (χ2v) is 25.3. The fraction of sp³-hybridized carbons (Fsp3) is 0.0323. The highest BCUT2D eigenvalue weighted by atomic mass is 15.1. The fourth-order valence-corrected chi connectivity index (χ4v) is 13.8. The molecule has 0 atom stereocenters. The molecule has 1 heterocycles. The normalized spacial score (nSPS) is 11.3. The van der Waals surface area contributed by atoms with Crippen molar-refractivity contribution >= 4 is 126 Å². The Morgan fingerprint density at radius 3 is 0.812 bits per heavy atom. The summed E-state index contributed by atoms with van der Waals surface area (Å²) >= 11 is 0. The van der Waals surface area contributed by atoms with Crippen molar-refractivity contribution in [1.82, 2.24) is 4.57 Å². The lowest BCUT2D eigenvalue weighted by atomic mass is 9.98. The third kappa shape index (κ3) is 11.8. The van der Waals surface area contributed by atoms with Gasteiger partial charge in [0.05, 0.1) is 0 Å². The summed E-state index contributed by atoms with van der Waals surface area (Å²) in [6.45, 7) is 7.42. The van der Waals surface area contributed by atoms with Crippen LogP contribution in [0.1, 0.15) is 12.6 Å². The number of allylic oxidation sites excluding steroid dienone is 1. The van der Waals surface area contributed by atoms with Gasteiger partial charge in [0.1, 0.15) is 0 Å². The molecule has 0 aliphatic rings. The summed E-state index contributed by atoms with van der Waals surface area (Å²) in [6.07, 6.45) is 1.75. The van der Waals surface area contributed by atoms with Gasteiger partial charge in [-0.05, 0) is 290 Å². The van der Waals surface area contributed by atoms with E-state index < -0.39 is 0 Å². The molecule has 3 nitrogen and oxygen atoms in total. The molecule has 0 bridgehead atoms. The molecule has 0 spiro atoms. The molecule has 0 saturated carbocycles. The molecule has 17 aromatic carbocycles. The number of hydrogen-bond donors (Lipinski definition) is 1. The lowest BCUT2D eigenvalue weighted by Crippen LogP contribution is -2.09. The predicted molar refractivity (Wildman–Crippen MR) is 416 cm³/mol. The zero-order chi connectivity index (χ0) is 64.6. The summed E-state index contributed by atoms with van der Waals surface area (Å²) in [5.74, 6) is 0. The van der Waals surface area contributed by atoms with E-state index in [2.05, 4.69) is 375 Å². The van der Waals surface area contributed by atoms with Crippen LogP contribution in [0.5, 0.6) is 0 Å². The first-order chi connectivity index (χ1) is 47.2. The third-order valence-electron chi connectivity index (χ3n) is 19.0. The Hall–Kier alpha value is -12.3. The van der Waals surface area contributed by atoms with Gasteiger partial charge in [-0.15, -0.1) is 6.58 Å². The van der Waals surface area contributed by atoms with Gasteiger partial charge in [0, 0.05) is 52.1 Å². The number of nitrogens with zero attached hydrogens (tertiary/aromatic N) is 2. The molecule has 0 amide bonds. The van der Waals surface area contributed by atoms with Crippen molar-refractivity contribution in [1.29, 1.82) is 0 Å². The molecule has 18 aromatic rings. The number of benzene rings is 17. The van der Waals surface area contributed by atoms with Crippen molar-refractivity contribution in [3.8, 4) is 44.5 Å². The topological polar surface area (TPSA) is 20.2 Å². The van der Waals surface area contributed by atoms with E-state index in [9.17, 15) is 0 Å². The van der Waals surface area contributed by atoms with Crippen LogP contribution in [0.25, 0.3) is 142 Å². The van der Waals surface area contributed by atoms with Crippen LogP contribution in [0.3, 0.4) is 0 Å². The smallest absolute Gasteiger partial charge is 0.0481 e. The zero-order valence-electron chi connectivity index (χ0n) is 54.0. The van der Waals surface area contributed by atoms with Crippen LogP contribution >= 0.6 is 0 Å². The van der Waals surface area contributed by atoms with Crippen LogP contribution in [0.15, 0.2) is 352 Å². The molecule has 96 heavy (non-hydrogen) atoms. The summed E-state index contributed by atoms with van der Waals surface area (Å²) < 4.78 is 2.26. The Bertz CT molecular complexity index is 5640. The quantitative estimate of drug-likeness (QED) is 0.115. The number of nitrogens with one attached hydrogen (secondary N) is 1. The van der Waals surface area contributed by atoms with Crippen molar-refractivity contribution in [3.63, 3.8) is 0 Å². The molecule has 1 N–H and O–H groups in total. The average molecular weight is 1230 g/mol. The van der Waals surface area contributed by atoms with E-state index in [4.69, 9.17) is 0 Å². The van der Waals surface area contributed by atoms with E-state index in [1.54, 1.807) is 6.08 Å². The van der Waals surface area contributed by atoms with Crippen LogP contribution in [0, 0.1) is 6.92 Å². The maximum absolute atomic E-state index is 3.56. The number of aryl methyl sites for hydroxylation is 2. The van der Waals surface area contributed by atoms with Crippen molar-refractivity contribution in [2.24, 2.45) is 7.05 Å². The largest absolute Gasteiger partial charge is 0.356 e. The first-order valence-corrected chi connectivity index (χ1v) is 33.0. The lowest BCUT2D eigenvalue weighted by molar-refractivity contribution is 0.918. The number of anilines is 5. The van der Waals surface area contributed by atoms with Gasteiger partial charge in [-0.1, -0.05) is 200 Å². The van der Waals surface area contributed by atoms with Gasteiger partial charge >= 0.3 is 0 Å². The van der Waals surface area contributed by atoms with Gasteiger partial charge in [0.15, 0.2) is 0 Å². The lowest BCUT2D eigenvalue weighted by Gasteiger charge is -2.26. The van der Waals surface area contributed by atoms with Gasteiger partial charge in [-0.3, -0.25) is 0 Å². The minimum absolute atomic E-state index is 1.07. The highest BCUT2D eigenvalue weighted by Gasteiger charge is 2.17. The Morgan fingerprint density at radius 2 is 0.510 bits per heavy atom. The summed E-state index contributed by atoms with van der Waals surface area (Å²) in [6, 6.07) is 124. The molecule has 3 heteroatoms. The standard InChI is InChI=1S/C50H36N2.C40H27N.C3H6/c1-33-25-46-32-49(23-24-50(46)51(33)2)52(47-19-15-34(16-20-47)40-11-13-42-26-36-7-3-5-9-38(36)28-44(42)30-40)48-21-17-35(18-22-48)41-12-14-43-27-37-8-4-6-10-39(37)29-45(43)31-41;1-3-7-31-23-37-25-33(9-11-35(37)21-29(31)5-1)27-13-17-39(18-14-27)41-40-19-15-28(16-20-40)34-10-12-36-22-30-6-2-4-8-32(30)24-38(36)26-34;1-3-2/h3-32H,1-2H3;1-26,41H;3H,1H2,2H3. The SMILES string of the molecule is C=CC.Cc1cc2cc(N(c3ccc(-c4ccc5cc6ccccc6cc5c4)cc3)c3ccc(-c4ccc5cc6ccccc6cc5c4)cc3)ccc2n1C.c1ccc2cc3cc(-c4ccc(Nc5ccc(-c6ccc7cc8ccccc8cc7c6)cc5)cc4)ccc3cc2c1. The molecule has 0 unspecified atom stereocenters. The second-order valence-electron chi connectivity index (χ2n) is 25.3. The second kappa shape index (κ2) is 25.3. The number of hydrogen-bond acceptors (Lipinski definition) is 2. The van der Waals surface area contributed by atoms with Crippen molar-refractivity contribution in [2.45, 2.75) is 13.8 Å². The first kappa shape index (κ1) is 58.8. The molecule has 1 aromatic heterocycles. The highest BCUT2D eigenvalue weighted by molar-refractivity contribution is 6.04. The predicted octanol–water partition coefficient (Wildman–Crippen LogP) is 26.5. The fourth-order valence-electron chi connectivity index (χ4n) is 13.8. The van der Waals surface area contributed by atoms with Crippen molar-refractivity contribution in [3.05, 3.63) is 358 Å². The number of rotatable bonds is 9. The monoisotopic (exact) mass is 1230 g/mol. The first-order valence-electron chi connectivity index (χ1n) is 33.0. The molecule has 456 valence electrons. The average Bonchev–Trinajstić information content (AvgIpc) is 1.41. The Kier molecular flexibility index (Phi) is 15.5. The maximum atomic E-state index is 3.56. The summed E-state index contributed by atoms with van der Waals surface area (Å²) in [4.78, 5) is 2.37. The molecule has 18 rings (SSSR count). The Labute approximate surface area is 560 Å². The van der Waals surface area contributed by atoms with Crippen LogP contribution in [0.4, 0.5) is 28.4 Å². The number of aromatic nitrogens is 1. The van der Waals surface area contributed by atoms with E-state index in [1.165, 1.54) is 147 Å². The van der Waals surface area contributed by atoms with E-state index in [0.717, 1.165) is 28.4 Å². The summed E-state index contributed by atoms with van der Waals surface area (Å²) in [5.41, 5.74) is 17.7. The number of fused-ring (bicyclic) bond motifs is 9. The summed E-state index contributed by atoms with van der Waals surface area (Å²) in [5, 5.41) is 25.1. The maximum Gasteiger partial charge on any atom is 0.0481 e. The van der Waals surface area contributed by atoms with Crippen LogP contribution < -0.4 is 10.2 Å². The van der Waals surface area contributed by atoms with Gasteiger partial charge in [-0.25, -0.2) is 0 Å². The van der Waals surface area contributed by atoms with E-state index >= 15 is 0 Å². The molecule has 0 radical (unpaired) electrons. The summed E-state index contributed by atoms with van der Waals surface area (Å²) in [7, 11) is 2.14. The third-order valence-corrected chi connectivity index (χ3v) is 19.0. The van der Waals surface area contributed by atoms with Crippen molar-refractivity contribution in [2.75, 3.05) is 10.2 Å². The molecular formula is C93H69N3. The zero-order valence-corrected chi connectivity index (χ0v) is 54.0. The van der Waals surface area contributed by atoms with Gasteiger partial charge < -0.3 is 14.8 Å². The molecule has 0 aliphatic carbocycles. The van der Waals surface area contributed by atoms with Crippen LogP contribution in [0.2, 0.25) is 0 Å². The van der Waals surface area contributed by atoms with Gasteiger partial charge in [0.2, 0.25) is 0 Å². The van der Waals surface area contributed by atoms with Crippen LogP contribution in [-0.4, -0.2) is 4.57 Å². The molecule has 0 fully saturated rings. The van der Waals surface area contributed by atoms with Crippen molar-refractivity contribution < 1.29 is 0 Å². The Morgan fingerprint density at radius 1 is 0.260 bits per heavy atom. The minimum atomic E-state index is 1.07. The molecule has 0 saturated heterocycles. The Balaban J connectivity index is 0.000000149. The highest BCUT2D eigenvalue weighted by Crippen LogP contribution is 2.40. The van der Waals surface area contributed by atoms with E-state index in [1.807, 2.05) is 6.92 Å². The molecule has 0 aliphatic heterocycles. The molecular weight excluding hydrogens is 1160 g/mol. The van der Waals surface area contributed by atoms with Crippen LogP contribution in [-0.2, 0) is 7.05 Å². The van der Waals surface area contributed by atoms with E-state index in [0.29, 0.717) is 0 Å². The van der Waals surface area contributed by atoms with Gasteiger partial charge in [0.25, 0.3) is 0 Å². The van der Waals surface area contributed by atoms with E-state index in [-0.39, 0.29) is 0 Å².